The van der Waals surface area contributed by atoms with Gasteiger partial charge in [0.05, 0.1) is 0 Å². The van der Waals surface area contributed by atoms with E-state index in [-0.39, 0.29) is 0 Å². The number of hydrogen-bond donors (Lipinski definition) is 1. The van der Waals surface area contributed by atoms with Crippen molar-refractivity contribution in [2.24, 2.45) is 0 Å². The first-order valence-electron chi connectivity index (χ1n) is 3.92. The van der Waals surface area contributed by atoms with Gasteiger partial charge in [-0.25, -0.2) is 0 Å². The van der Waals surface area contributed by atoms with Gasteiger partial charge in [0.15, 0.2) is 0 Å². The second-order valence-corrected chi connectivity index (χ2v) is 3.45. The molecule has 0 amide bonds. The molecule has 1 heteroatoms. The number of nitrogens with one attached hydrogen (secondary N) is 1. The van der Waals surface area contributed by atoms with Crippen molar-refractivity contribution in [1.29, 1.82) is 0 Å². The Labute approximate surface area is 56.8 Å². The Morgan fingerprint density at radius 3 is 2.33 bits per heavy atom. The van der Waals surface area contributed by atoms with Crippen LogP contribution in [0, 0.1) is 6.92 Å². The minimum absolute atomic E-state index is 0.491. The van der Waals surface area contributed by atoms with Crippen molar-refractivity contribution in [3.05, 3.63) is 6.92 Å². The van der Waals surface area contributed by atoms with E-state index in [9.17, 15) is 0 Å². The van der Waals surface area contributed by atoms with Crippen LogP contribution in [0.1, 0.15) is 32.1 Å². The molecule has 0 aromatic rings. The van der Waals surface area contributed by atoms with Crippen LogP contribution in [-0.4, -0.2) is 11.6 Å². The topological polar surface area (TPSA) is 12.0 Å². The van der Waals surface area contributed by atoms with Crippen LogP contribution in [0.25, 0.3) is 0 Å². The fourth-order valence-corrected chi connectivity index (χ4v) is 2.21. The molecule has 2 rings (SSSR count). The average molecular weight is 124 g/mol. The largest absolute Gasteiger partial charge is 0.308 e. The van der Waals surface area contributed by atoms with Crippen LogP contribution in [0.15, 0.2) is 0 Å². The highest BCUT2D eigenvalue weighted by Gasteiger charge is 2.42. The first-order valence-corrected chi connectivity index (χ1v) is 3.92. The fraction of sp³-hybridized carbons (Fsp3) is 0.875. The first-order chi connectivity index (χ1) is 4.35. The molecule has 0 saturated carbocycles. The summed E-state index contributed by atoms with van der Waals surface area (Å²) in [6, 6.07) is 0.853. The summed E-state index contributed by atoms with van der Waals surface area (Å²) in [5.74, 6) is 0. The standard InChI is InChI=1S/C8H14N/c1-2-8-5-3-7(9-8)4-6-8/h7,9H,1-6H2. The van der Waals surface area contributed by atoms with Crippen LogP contribution >= 0.6 is 0 Å². The second-order valence-electron chi connectivity index (χ2n) is 3.45. The van der Waals surface area contributed by atoms with Gasteiger partial charge in [-0.05, 0) is 32.1 Å². The molecule has 1 N–H and O–H groups in total. The Morgan fingerprint density at radius 2 is 2.11 bits per heavy atom. The van der Waals surface area contributed by atoms with Gasteiger partial charge < -0.3 is 5.32 Å². The number of hydrogen-bond acceptors (Lipinski definition) is 1. The van der Waals surface area contributed by atoms with Gasteiger partial charge in [-0.1, -0.05) is 6.92 Å². The van der Waals surface area contributed by atoms with Gasteiger partial charge >= 0.3 is 0 Å². The SMILES string of the molecule is [CH2]CC12CCC(CC1)N2. The van der Waals surface area contributed by atoms with E-state index in [1.807, 2.05) is 0 Å². The Hall–Kier alpha value is -0.0400. The van der Waals surface area contributed by atoms with Gasteiger partial charge in [0.2, 0.25) is 0 Å². The molecule has 0 spiro atoms. The molecule has 51 valence electrons. The third-order valence-corrected chi connectivity index (χ3v) is 2.93. The van der Waals surface area contributed by atoms with Gasteiger partial charge in [0.25, 0.3) is 0 Å². The van der Waals surface area contributed by atoms with E-state index in [0.29, 0.717) is 5.54 Å². The zero-order valence-electron chi connectivity index (χ0n) is 5.82. The lowest BCUT2D eigenvalue weighted by molar-refractivity contribution is 0.388. The predicted octanol–water partition coefficient (Wildman–Crippen LogP) is 1.50. The third-order valence-electron chi connectivity index (χ3n) is 2.93. The summed E-state index contributed by atoms with van der Waals surface area (Å²) < 4.78 is 0. The quantitative estimate of drug-likeness (QED) is 0.558. The van der Waals surface area contributed by atoms with E-state index in [4.69, 9.17) is 0 Å². The summed E-state index contributed by atoms with van der Waals surface area (Å²) in [4.78, 5) is 0. The highest BCUT2D eigenvalue weighted by Crippen LogP contribution is 2.39. The maximum Gasteiger partial charge on any atom is 0.0185 e. The van der Waals surface area contributed by atoms with Crippen molar-refractivity contribution in [2.45, 2.75) is 43.7 Å². The maximum absolute atomic E-state index is 3.97. The molecule has 2 saturated heterocycles. The number of rotatable bonds is 1. The molecule has 2 heterocycles. The Kier molecular flexibility index (Phi) is 1.10. The lowest BCUT2D eigenvalue weighted by Crippen LogP contribution is -2.34. The van der Waals surface area contributed by atoms with Crippen LogP contribution in [0.3, 0.4) is 0 Å². The van der Waals surface area contributed by atoms with Gasteiger partial charge in [0.1, 0.15) is 0 Å². The first kappa shape index (κ1) is 5.72. The highest BCUT2D eigenvalue weighted by molar-refractivity contribution is 5.04. The zero-order valence-corrected chi connectivity index (χ0v) is 5.82. The summed E-state index contributed by atoms with van der Waals surface area (Å²) in [5, 5.41) is 3.63. The molecular formula is C8H14N. The molecule has 1 nitrogen and oxygen atoms in total. The fourth-order valence-electron chi connectivity index (χ4n) is 2.21. The van der Waals surface area contributed by atoms with Crippen molar-refractivity contribution >= 4 is 0 Å². The van der Waals surface area contributed by atoms with Gasteiger partial charge in [0, 0.05) is 11.6 Å². The summed E-state index contributed by atoms with van der Waals surface area (Å²) in [6.45, 7) is 3.97. The minimum atomic E-state index is 0.491. The molecule has 0 unspecified atom stereocenters. The van der Waals surface area contributed by atoms with E-state index in [2.05, 4.69) is 12.2 Å². The molecule has 9 heavy (non-hydrogen) atoms. The normalized spacial score (nSPS) is 48.3. The monoisotopic (exact) mass is 124 g/mol. The van der Waals surface area contributed by atoms with Crippen molar-refractivity contribution < 1.29 is 0 Å². The van der Waals surface area contributed by atoms with Gasteiger partial charge in [-0.15, -0.1) is 0 Å². The second kappa shape index (κ2) is 1.72. The Morgan fingerprint density at radius 1 is 1.44 bits per heavy atom. The number of fused-ring (bicyclic) bond motifs is 2. The van der Waals surface area contributed by atoms with E-state index >= 15 is 0 Å². The lowest BCUT2D eigenvalue weighted by Gasteiger charge is -2.23. The van der Waals surface area contributed by atoms with Gasteiger partial charge in [-0.3, -0.25) is 0 Å². The van der Waals surface area contributed by atoms with Crippen LogP contribution in [0.4, 0.5) is 0 Å². The summed E-state index contributed by atoms with van der Waals surface area (Å²) in [7, 11) is 0. The average Bonchev–Trinajstić information content (AvgIpc) is 2.46. The Balaban J connectivity index is 2.13. The molecule has 2 aliphatic heterocycles. The molecular weight excluding hydrogens is 110 g/mol. The predicted molar refractivity (Wildman–Crippen MR) is 38.1 cm³/mol. The van der Waals surface area contributed by atoms with E-state index < -0.39 is 0 Å². The molecule has 2 aliphatic rings. The van der Waals surface area contributed by atoms with Crippen molar-refractivity contribution in [1.82, 2.24) is 5.32 Å². The summed E-state index contributed by atoms with van der Waals surface area (Å²) in [6.07, 6.45) is 6.64. The van der Waals surface area contributed by atoms with Crippen molar-refractivity contribution in [2.75, 3.05) is 0 Å². The minimum Gasteiger partial charge on any atom is -0.308 e. The third kappa shape index (κ3) is 0.710. The van der Waals surface area contributed by atoms with Crippen molar-refractivity contribution in [3.63, 3.8) is 0 Å². The smallest absolute Gasteiger partial charge is 0.0185 e. The van der Waals surface area contributed by atoms with E-state index in [1.165, 1.54) is 25.7 Å². The highest BCUT2D eigenvalue weighted by atomic mass is 15.1. The van der Waals surface area contributed by atoms with Crippen molar-refractivity contribution in [3.8, 4) is 0 Å². The van der Waals surface area contributed by atoms with Crippen LogP contribution in [0.5, 0.6) is 0 Å². The van der Waals surface area contributed by atoms with Crippen LogP contribution in [-0.2, 0) is 0 Å². The Bertz CT molecular complexity index is 112. The molecule has 2 fully saturated rings. The van der Waals surface area contributed by atoms with E-state index in [0.717, 1.165) is 12.5 Å². The molecule has 2 bridgehead atoms. The van der Waals surface area contributed by atoms with Crippen LogP contribution in [0.2, 0.25) is 0 Å². The molecule has 0 aliphatic carbocycles. The molecule has 0 atom stereocenters. The van der Waals surface area contributed by atoms with Crippen LogP contribution < -0.4 is 5.32 Å². The van der Waals surface area contributed by atoms with Gasteiger partial charge in [-0.2, -0.15) is 0 Å². The molecule has 1 radical (unpaired) electrons. The molecule has 0 aromatic carbocycles. The zero-order chi connectivity index (χ0) is 6.32. The summed E-state index contributed by atoms with van der Waals surface area (Å²) >= 11 is 0. The molecule has 0 aromatic heterocycles. The lowest BCUT2D eigenvalue weighted by atomic mass is 9.86. The maximum atomic E-state index is 3.97. The van der Waals surface area contributed by atoms with E-state index in [1.54, 1.807) is 0 Å². The summed E-state index contributed by atoms with van der Waals surface area (Å²) in [5.41, 5.74) is 0.491.